The number of pyridine rings is 1. The first kappa shape index (κ1) is 16.2. The summed E-state index contributed by atoms with van der Waals surface area (Å²) in [5.74, 6) is 0.573. The minimum absolute atomic E-state index is 0.0734. The van der Waals surface area contributed by atoms with Crippen LogP contribution in [0.5, 0.6) is 5.88 Å². The molecule has 1 rings (SSSR count). The highest BCUT2D eigenvalue weighted by Crippen LogP contribution is 2.28. The van der Waals surface area contributed by atoms with Gasteiger partial charge in [0.1, 0.15) is 0 Å². The van der Waals surface area contributed by atoms with Crippen LogP contribution in [-0.4, -0.2) is 41.8 Å². The molecule has 0 aliphatic rings. The van der Waals surface area contributed by atoms with Crippen LogP contribution in [0.2, 0.25) is 0 Å². The standard InChI is InChI=1S/C13H21N3O4/c1-3-4-5-8-15(9-10-17)13-11(16(18)19)6-7-12(14-13)20-2/h6-7,17H,3-5,8-10H2,1-2H3. The predicted molar refractivity (Wildman–Crippen MR) is 76.3 cm³/mol. The highest BCUT2D eigenvalue weighted by Gasteiger charge is 2.21. The van der Waals surface area contributed by atoms with E-state index in [2.05, 4.69) is 11.9 Å². The number of aliphatic hydroxyl groups excluding tert-OH is 1. The van der Waals surface area contributed by atoms with Crippen LogP contribution in [0.1, 0.15) is 26.2 Å². The van der Waals surface area contributed by atoms with Crippen LogP contribution in [0.25, 0.3) is 0 Å². The van der Waals surface area contributed by atoms with Crippen molar-refractivity contribution in [3.63, 3.8) is 0 Å². The van der Waals surface area contributed by atoms with Gasteiger partial charge in [-0.15, -0.1) is 0 Å². The minimum Gasteiger partial charge on any atom is -0.481 e. The average Bonchev–Trinajstić information content (AvgIpc) is 2.45. The lowest BCUT2D eigenvalue weighted by Gasteiger charge is -2.22. The minimum atomic E-state index is -0.466. The third-order valence-corrected chi connectivity index (χ3v) is 2.94. The first-order chi connectivity index (χ1) is 9.63. The van der Waals surface area contributed by atoms with Gasteiger partial charge < -0.3 is 14.7 Å². The largest absolute Gasteiger partial charge is 0.481 e. The molecule has 0 bridgehead atoms. The zero-order chi connectivity index (χ0) is 15.0. The number of anilines is 1. The quantitative estimate of drug-likeness (QED) is 0.423. The Morgan fingerprint density at radius 3 is 2.70 bits per heavy atom. The fourth-order valence-corrected chi connectivity index (χ4v) is 1.91. The van der Waals surface area contributed by atoms with Crippen molar-refractivity contribution in [2.24, 2.45) is 0 Å². The van der Waals surface area contributed by atoms with Gasteiger partial charge in [-0.2, -0.15) is 4.98 Å². The first-order valence-corrected chi connectivity index (χ1v) is 6.69. The maximum absolute atomic E-state index is 11.1. The van der Waals surface area contributed by atoms with E-state index >= 15 is 0 Å². The summed E-state index contributed by atoms with van der Waals surface area (Å²) in [5.41, 5.74) is -0.0734. The molecule has 0 atom stereocenters. The number of unbranched alkanes of at least 4 members (excludes halogenated alkanes) is 2. The van der Waals surface area contributed by atoms with Crippen molar-refractivity contribution < 1.29 is 14.8 Å². The highest BCUT2D eigenvalue weighted by atomic mass is 16.6. The van der Waals surface area contributed by atoms with Gasteiger partial charge in [-0.3, -0.25) is 10.1 Å². The molecular weight excluding hydrogens is 262 g/mol. The summed E-state index contributed by atoms with van der Waals surface area (Å²) in [6.07, 6.45) is 2.98. The second-order valence-electron chi connectivity index (χ2n) is 4.37. The predicted octanol–water partition coefficient (Wildman–Crippen LogP) is 1.99. The van der Waals surface area contributed by atoms with E-state index in [1.54, 1.807) is 4.90 Å². The first-order valence-electron chi connectivity index (χ1n) is 6.69. The molecule has 1 aromatic rings. The Morgan fingerprint density at radius 1 is 1.40 bits per heavy atom. The van der Waals surface area contributed by atoms with Crippen molar-refractivity contribution in [3.05, 3.63) is 22.2 Å². The lowest BCUT2D eigenvalue weighted by atomic mass is 10.2. The second kappa shape index (κ2) is 8.31. The number of methoxy groups -OCH3 is 1. The molecule has 0 amide bonds. The smallest absolute Gasteiger partial charge is 0.311 e. The fraction of sp³-hybridized carbons (Fsp3) is 0.615. The topological polar surface area (TPSA) is 88.7 Å². The van der Waals surface area contributed by atoms with Gasteiger partial charge in [0, 0.05) is 25.2 Å². The van der Waals surface area contributed by atoms with Crippen LogP contribution in [0, 0.1) is 10.1 Å². The summed E-state index contributed by atoms with van der Waals surface area (Å²) in [5, 5.41) is 20.2. The van der Waals surface area contributed by atoms with Crippen molar-refractivity contribution in [1.29, 1.82) is 0 Å². The number of ether oxygens (including phenoxy) is 1. The number of hydrogen-bond donors (Lipinski definition) is 1. The Bertz CT molecular complexity index is 440. The van der Waals surface area contributed by atoms with E-state index < -0.39 is 4.92 Å². The monoisotopic (exact) mass is 283 g/mol. The maximum atomic E-state index is 11.1. The number of rotatable bonds is 9. The zero-order valence-electron chi connectivity index (χ0n) is 11.9. The molecule has 0 radical (unpaired) electrons. The fourth-order valence-electron chi connectivity index (χ4n) is 1.91. The Morgan fingerprint density at radius 2 is 2.15 bits per heavy atom. The van der Waals surface area contributed by atoms with Crippen LogP contribution >= 0.6 is 0 Å². The van der Waals surface area contributed by atoms with E-state index in [0.717, 1.165) is 19.3 Å². The molecule has 1 heterocycles. The Kier molecular flexibility index (Phi) is 6.72. The van der Waals surface area contributed by atoms with Gasteiger partial charge in [-0.25, -0.2) is 0 Å². The van der Waals surface area contributed by atoms with Gasteiger partial charge in [0.05, 0.1) is 18.6 Å². The van der Waals surface area contributed by atoms with E-state index in [4.69, 9.17) is 9.84 Å². The molecule has 0 fully saturated rings. The number of nitrogens with zero attached hydrogens (tertiary/aromatic N) is 3. The Hall–Kier alpha value is -1.89. The third kappa shape index (κ3) is 4.34. The van der Waals surface area contributed by atoms with Gasteiger partial charge in [0.25, 0.3) is 0 Å². The number of aromatic nitrogens is 1. The van der Waals surface area contributed by atoms with Crippen LogP contribution in [0.3, 0.4) is 0 Å². The molecule has 0 saturated heterocycles. The van der Waals surface area contributed by atoms with Crippen molar-refractivity contribution in [1.82, 2.24) is 4.98 Å². The highest BCUT2D eigenvalue weighted by molar-refractivity contribution is 5.59. The van der Waals surface area contributed by atoms with Gasteiger partial charge in [0.2, 0.25) is 11.7 Å². The molecule has 112 valence electrons. The number of nitro groups is 1. The van der Waals surface area contributed by atoms with Crippen molar-refractivity contribution in [3.8, 4) is 5.88 Å². The summed E-state index contributed by atoms with van der Waals surface area (Å²) in [7, 11) is 1.46. The molecule has 0 saturated carbocycles. The van der Waals surface area contributed by atoms with Crippen LogP contribution in [0.15, 0.2) is 12.1 Å². The third-order valence-electron chi connectivity index (χ3n) is 2.94. The van der Waals surface area contributed by atoms with Gasteiger partial charge in [0.15, 0.2) is 0 Å². The Labute approximate surface area is 118 Å². The average molecular weight is 283 g/mol. The summed E-state index contributed by atoms with van der Waals surface area (Å²) >= 11 is 0. The van der Waals surface area contributed by atoms with E-state index in [1.165, 1.54) is 19.2 Å². The zero-order valence-corrected chi connectivity index (χ0v) is 11.9. The molecule has 7 nitrogen and oxygen atoms in total. The maximum Gasteiger partial charge on any atom is 0.311 e. The lowest BCUT2D eigenvalue weighted by molar-refractivity contribution is -0.384. The number of aliphatic hydroxyl groups is 1. The molecule has 0 aliphatic heterocycles. The second-order valence-corrected chi connectivity index (χ2v) is 4.37. The molecule has 0 spiro atoms. The van der Waals surface area contributed by atoms with Gasteiger partial charge >= 0.3 is 5.69 Å². The molecule has 1 aromatic heterocycles. The van der Waals surface area contributed by atoms with Crippen LogP contribution in [0.4, 0.5) is 11.5 Å². The van der Waals surface area contributed by atoms with Crippen molar-refractivity contribution >= 4 is 11.5 Å². The molecule has 0 aromatic carbocycles. The molecule has 20 heavy (non-hydrogen) atoms. The molecule has 0 unspecified atom stereocenters. The normalized spacial score (nSPS) is 10.3. The summed E-state index contributed by atoms with van der Waals surface area (Å²) < 4.78 is 5.02. The summed E-state index contributed by atoms with van der Waals surface area (Å²) in [6.45, 7) is 2.94. The number of hydrogen-bond acceptors (Lipinski definition) is 6. The molecule has 0 aliphatic carbocycles. The summed E-state index contributed by atoms with van der Waals surface area (Å²) in [6, 6.07) is 2.84. The van der Waals surface area contributed by atoms with E-state index in [-0.39, 0.29) is 18.1 Å². The Balaban J connectivity index is 3.04. The van der Waals surface area contributed by atoms with Gasteiger partial charge in [-0.05, 0) is 6.42 Å². The van der Waals surface area contributed by atoms with Crippen LogP contribution < -0.4 is 9.64 Å². The van der Waals surface area contributed by atoms with E-state index in [0.29, 0.717) is 19.0 Å². The molecular formula is C13H21N3O4. The van der Waals surface area contributed by atoms with Crippen molar-refractivity contribution in [2.45, 2.75) is 26.2 Å². The summed E-state index contributed by atoms with van der Waals surface area (Å²) in [4.78, 5) is 16.5. The SMILES string of the molecule is CCCCCN(CCO)c1nc(OC)ccc1[N+](=O)[O-]. The molecule has 1 N–H and O–H groups in total. The molecule has 7 heteroatoms. The van der Waals surface area contributed by atoms with E-state index in [9.17, 15) is 10.1 Å². The van der Waals surface area contributed by atoms with Crippen LogP contribution in [-0.2, 0) is 0 Å². The lowest BCUT2D eigenvalue weighted by Crippen LogP contribution is -2.29. The van der Waals surface area contributed by atoms with E-state index in [1.807, 2.05) is 0 Å². The van der Waals surface area contributed by atoms with Crippen molar-refractivity contribution in [2.75, 3.05) is 31.7 Å². The van der Waals surface area contributed by atoms with Gasteiger partial charge in [-0.1, -0.05) is 19.8 Å².